The highest BCUT2D eigenvalue weighted by Gasteiger charge is 2.38. The molecule has 0 saturated carbocycles. The summed E-state index contributed by atoms with van der Waals surface area (Å²) >= 11 is 0. The summed E-state index contributed by atoms with van der Waals surface area (Å²) in [5.74, 6) is -0.330. The normalized spacial score (nSPS) is 13.0. The smallest absolute Gasteiger partial charge is 0.327 e. The Morgan fingerprint density at radius 2 is 1.56 bits per heavy atom. The van der Waals surface area contributed by atoms with Gasteiger partial charge >= 0.3 is 5.69 Å². The highest BCUT2D eigenvalue weighted by molar-refractivity contribution is 6.02. The summed E-state index contributed by atoms with van der Waals surface area (Å²) in [4.78, 5) is 37.7. The first-order chi connectivity index (χ1) is 17.3. The summed E-state index contributed by atoms with van der Waals surface area (Å²) in [5.41, 5.74) is -0.286. The molecule has 0 aromatic heterocycles. The number of nitro benzene ring substituents is 1. The minimum absolute atomic E-state index is 0.0206. The average molecular weight is 501 g/mol. The molecular weight excluding hydrogens is 474 g/mol. The molecule has 2 amide bonds. The van der Waals surface area contributed by atoms with E-state index in [1.54, 1.807) is 24.3 Å². The Labute approximate surface area is 207 Å². The number of ether oxygens (including phenoxy) is 5. The molecule has 1 fully saturated rings. The summed E-state index contributed by atoms with van der Waals surface area (Å²) in [6, 6.07) is 6.34. The molecule has 192 valence electrons. The molecule has 0 N–H and O–H groups in total. The Balaban J connectivity index is 1.97. The monoisotopic (exact) mass is 501 g/mol. The maximum Gasteiger partial charge on any atom is 0.327 e. The molecular formula is C24H27N3O9. The van der Waals surface area contributed by atoms with Crippen LogP contribution in [-0.4, -0.2) is 75.4 Å². The van der Waals surface area contributed by atoms with Crippen molar-refractivity contribution >= 4 is 23.6 Å². The molecule has 3 rings (SSSR count). The Hall–Kier alpha value is -4.48. The Morgan fingerprint density at radius 3 is 2.14 bits per heavy atom. The lowest BCUT2D eigenvalue weighted by atomic mass is 10.1. The minimum atomic E-state index is -0.751. The van der Waals surface area contributed by atoms with Crippen LogP contribution in [0, 0.1) is 10.1 Å². The van der Waals surface area contributed by atoms with Crippen molar-refractivity contribution in [2.24, 2.45) is 0 Å². The van der Waals surface area contributed by atoms with E-state index in [4.69, 9.17) is 23.7 Å². The van der Waals surface area contributed by atoms with Gasteiger partial charge in [0.15, 0.2) is 5.75 Å². The van der Waals surface area contributed by atoms with Crippen molar-refractivity contribution in [3.8, 4) is 28.7 Å². The van der Waals surface area contributed by atoms with Gasteiger partial charge in [0.25, 0.3) is 11.8 Å². The van der Waals surface area contributed by atoms with Crippen molar-refractivity contribution in [3.05, 3.63) is 51.6 Å². The van der Waals surface area contributed by atoms with E-state index in [0.717, 1.165) is 0 Å². The van der Waals surface area contributed by atoms with Crippen LogP contribution < -0.4 is 23.7 Å². The van der Waals surface area contributed by atoms with Gasteiger partial charge < -0.3 is 23.7 Å². The van der Waals surface area contributed by atoms with E-state index in [2.05, 4.69) is 0 Å². The van der Waals surface area contributed by atoms with Crippen LogP contribution in [0.4, 0.5) is 5.69 Å². The van der Waals surface area contributed by atoms with Crippen LogP contribution in [0.1, 0.15) is 22.3 Å². The standard InChI is InChI=1S/C24H27N3O9/c1-32-16-8-9-18(33-2)15(13-16)7-10-20(28)25-11-6-12-26(25)24(29)17-14-19(34-3)22(35-4)23(36-5)21(17)27(30)31/h7-10,13-14H,6,11-12H2,1-5H3/b10-7+. The Morgan fingerprint density at radius 1 is 0.889 bits per heavy atom. The minimum Gasteiger partial charge on any atom is -0.497 e. The van der Waals surface area contributed by atoms with Gasteiger partial charge in [-0.15, -0.1) is 0 Å². The van der Waals surface area contributed by atoms with E-state index in [9.17, 15) is 19.7 Å². The van der Waals surface area contributed by atoms with Gasteiger partial charge in [-0.2, -0.15) is 0 Å². The molecule has 1 aliphatic rings. The molecule has 2 aromatic carbocycles. The maximum absolute atomic E-state index is 13.5. The zero-order valence-electron chi connectivity index (χ0n) is 20.6. The number of methoxy groups -OCH3 is 5. The van der Waals surface area contributed by atoms with Gasteiger partial charge in [0.1, 0.15) is 17.1 Å². The number of rotatable bonds is 9. The van der Waals surface area contributed by atoms with E-state index in [0.29, 0.717) is 23.5 Å². The van der Waals surface area contributed by atoms with Gasteiger partial charge in [-0.1, -0.05) is 0 Å². The summed E-state index contributed by atoms with van der Waals surface area (Å²) < 4.78 is 26.2. The molecule has 1 heterocycles. The molecule has 1 aliphatic heterocycles. The first kappa shape index (κ1) is 26.1. The number of carbonyl (C=O) groups is 2. The highest BCUT2D eigenvalue weighted by Crippen LogP contribution is 2.46. The number of nitro groups is 1. The summed E-state index contributed by atoms with van der Waals surface area (Å²) in [7, 11) is 6.89. The van der Waals surface area contributed by atoms with E-state index in [-0.39, 0.29) is 35.9 Å². The lowest BCUT2D eigenvalue weighted by molar-refractivity contribution is -0.386. The van der Waals surface area contributed by atoms with E-state index in [1.807, 2.05) is 0 Å². The van der Waals surface area contributed by atoms with Crippen molar-refractivity contribution in [1.82, 2.24) is 10.0 Å². The third-order valence-corrected chi connectivity index (χ3v) is 5.58. The number of hydrazine groups is 1. The second-order valence-electron chi connectivity index (χ2n) is 7.48. The van der Waals surface area contributed by atoms with Crippen LogP contribution in [0.25, 0.3) is 6.08 Å². The molecule has 2 aromatic rings. The number of hydrogen-bond donors (Lipinski definition) is 0. The molecule has 0 spiro atoms. The van der Waals surface area contributed by atoms with Gasteiger partial charge in [-0.3, -0.25) is 19.7 Å². The maximum atomic E-state index is 13.5. The molecule has 0 bridgehead atoms. The molecule has 1 saturated heterocycles. The van der Waals surface area contributed by atoms with Crippen LogP contribution in [0.5, 0.6) is 28.7 Å². The van der Waals surface area contributed by atoms with Crippen LogP contribution >= 0.6 is 0 Å². The fourth-order valence-electron chi connectivity index (χ4n) is 3.89. The van der Waals surface area contributed by atoms with E-state index in [1.165, 1.54) is 57.7 Å². The largest absolute Gasteiger partial charge is 0.497 e. The third kappa shape index (κ3) is 4.97. The molecule has 0 aliphatic carbocycles. The van der Waals surface area contributed by atoms with Crippen molar-refractivity contribution in [2.45, 2.75) is 6.42 Å². The average Bonchev–Trinajstić information content (AvgIpc) is 3.39. The first-order valence-corrected chi connectivity index (χ1v) is 10.8. The molecule has 12 nitrogen and oxygen atoms in total. The molecule has 36 heavy (non-hydrogen) atoms. The third-order valence-electron chi connectivity index (χ3n) is 5.58. The van der Waals surface area contributed by atoms with Crippen molar-refractivity contribution in [1.29, 1.82) is 0 Å². The van der Waals surface area contributed by atoms with Crippen molar-refractivity contribution in [2.75, 3.05) is 48.6 Å². The summed E-state index contributed by atoms with van der Waals surface area (Å²) in [6.45, 7) is 0.442. The fourth-order valence-corrected chi connectivity index (χ4v) is 3.89. The molecule has 12 heteroatoms. The Kier molecular flexibility index (Phi) is 8.20. The lowest BCUT2D eigenvalue weighted by Crippen LogP contribution is -2.44. The van der Waals surface area contributed by atoms with Crippen molar-refractivity contribution < 1.29 is 38.2 Å². The van der Waals surface area contributed by atoms with Gasteiger partial charge in [0.2, 0.25) is 11.5 Å². The number of carbonyl (C=O) groups excluding carboxylic acids is 2. The molecule has 0 radical (unpaired) electrons. The predicted octanol–water partition coefficient (Wildman–Crippen LogP) is 2.94. The van der Waals surface area contributed by atoms with Gasteiger partial charge in [0.05, 0.1) is 40.5 Å². The number of nitrogens with zero attached hydrogens (tertiary/aromatic N) is 3. The lowest BCUT2D eigenvalue weighted by Gasteiger charge is -2.27. The molecule has 0 unspecified atom stereocenters. The van der Waals surface area contributed by atoms with Crippen LogP contribution in [0.15, 0.2) is 30.3 Å². The number of amides is 2. The van der Waals surface area contributed by atoms with E-state index < -0.39 is 22.4 Å². The van der Waals surface area contributed by atoms with Crippen LogP contribution in [0.2, 0.25) is 0 Å². The Bertz CT molecular complexity index is 1200. The predicted molar refractivity (Wildman–Crippen MR) is 129 cm³/mol. The zero-order valence-corrected chi connectivity index (χ0v) is 20.6. The highest BCUT2D eigenvalue weighted by atomic mass is 16.6. The SMILES string of the molecule is COc1ccc(OC)c(/C=C/C(=O)N2CCCN2C(=O)c2cc(OC)c(OC)c(OC)c2[N+](=O)[O-])c1. The fraction of sp³-hybridized carbons (Fsp3) is 0.333. The summed E-state index contributed by atoms with van der Waals surface area (Å²) in [5, 5.41) is 14.3. The first-order valence-electron chi connectivity index (χ1n) is 10.8. The molecule has 0 atom stereocenters. The van der Waals surface area contributed by atoms with Crippen LogP contribution in [0.3, 0.4) is 0 Å². The quantitative estimate of drug-likeness (QED) is 0.289. The van der Waals surface area contributed by atoms with Gasteiger partial charge in [-0.25, -0.2) is 10.0 Å². The van der Waals surface area contributed by atoms with Crippen molar-refractivity contribution in [3.63, 3.8) is 0 Å². The van der Waals surface area contributed by atoms with Gasteiger partial charge in [0, 0.05) is 30.8 Å². The van der Waals surface area contributed by atoms with Gasteiger partial charge in [-0.05, 0) is 30.7 Å². The number of hydrogen-bond acceptors (Lipinski definition) is 9. The zero-order chi connectivity index (χ0) is 26.4. The van der Waals surface area contributed by atoms with E-state index >= 15 is 0 Å². The second-order valence-corrected chi connectivity index (χ2v) is 7.48. The van der Waals surface area contributed by atoms with Crippen LogP contribution in [-0.2, 0) is 4.79 Å². The topological polar surface area (TPSA) is 130 Å². The second kappa shape index (κ2) is 11.3. The summed E-state index contributed by atoms with van der Waals surface area (Å²) in [6.07, 6.45) is 3.34. The number of benzene rings is 2.